The van der Waals surface area contributed by atoms with Crippen molar-refractivity contribution in [2.75, 3.05) is 13.2 Å². The predicted molar refractivity (Wildman–Crippen MR) is 103 cm³/mol. The van der Waals surface area contributed by atoms with E-state index in [0.717, 1.165) is 12.8 Å². The number of carbonyl (C=O) groups excluding carboxylic acids is 2. The van der Waals surface area contributed by atoms with Gasteiger partial charge in [-0.2, -0.15) is 0 Å². The highest BCUT2D eigenvalue weighted by molar-refractivity contribution is 5.96. The van der Waals surface area contributed by atoms with Crippen molar-refractivity contribution in [2.45, 2.75) is 70.8 Å². The van der Waals surface area contributed by atoms with Crippen LogP contribution in [-0.4, -0.2) is 31.0 Å². The second-order valence-corrected chi connectivity index (χ2v) is 6.90. The largest absolute Gasteiger partial charge is 0.493 e. The average Bonchev–Trinajstić information content (AvgIpc) is 2.61. The topological polar surface area (TPSA) is 67.4 Å². The van der Waals surface area contributed by atoms with Crippen molar-refractivity contribution in [1.82, 2.24) is 10.6 Å². The number of carbonyl (C=O) groups is 2. The Bertz CT molecular complexity index is 566. The Morgan fingerprint density at radius 1 is 1.08 bits per heavy atom. The molecule has 1 aromatic rings. The summed E-state index contributed by atoms with van der Waals surface area (Å²) >= 11 is 0. The third-order valence-electron chi connectivity index (χ3n) is 4.77. The van der Waals surface area contributed by atoms with Crippen LogP contribution in [0, 0.1) is 0 Å². The van der Waals surface area contributed by atoms with Crippen LogP contribution in [0.4, 0.5) is 0 Å². The van der Waals surface area contributed by atoms with E-state index in [1.165, 1.54) is 32.1 Å². The predicted octanol–water partition coefficient (Wildman–Crippen LogP) is 3.82. The van der Waals surface area contributed by atoms with Crippen LogP contribution < -0.4 is 15.4 Å². The maximum Gasteiger partial charge on any atom is 0.255 e. The number of nitrogens with one attached hydrogen (secondary N) is 2. The summed E-state index contributed by atoms with van der Waals surface area (Å²) in [5, 5.41) is 6.04. The van der Waals surface area contributed by atoms with E-state index in [-0.39, 0.29) is 11.8 Å². The molecular weight excluding hydrogens is 328 g/mol. The zero-order valence-electron chi connectivity index (χ0n) is 15.9. The van der Waals surface area contributed by atoms with Gasteiger partial charge in [-0.25, -0.2) is 0 Å². The molecule has 0 spiro atoms. The van der Waals surface area contributed by atoms with Crippen LogP contribution in [0.5, 0.6) is 5.75 Å². The number of hydrogen-bond donors (Lipinski definition) is 2. The fourth-order valence-electron chi connectivity index (χ4n) is 3.38. The Kier molecular flexibility index (Phi) is 9.01. The van der Waals surface area contributed by atoms with Gasteiger partial charge < -0.3 is 15.4 Å². The summed E-state index contributed by atoms with van der Waals surface area (Å²) in [4.78, 5) is 24.4. The van der Waals surface area contributed by atoms with Crippen molar-refractivity contribution < 1.29 is 14.3 Å². The molecule has 0 aromatic heterocycles. The third kappa shape index (κ3) is 7.06. The zero-order chi connectivity index (χ0) is 18.6. The molecule has 1 aromatic carbocycles. The molecule has 0 radical (unpaired) electrons. The lowest BCUT2D eigenvalue weighted by Gasteiger charge is -2.21. The van der Waals surface area contributed by atoms with Gasteiger partial charge >= 0.3 is 0 Å². The summed E-state index contributed by atoms with van der Waals surface area (Å²) in [6.07, 6.45) is 9.58. The van der Waals surface area contributed by atoms with Gasteiger partial charge in [-0.3, -0.25) is 9.59 Å². The van der Waals surface area contributed by atoms with Crippen molar-refractivity contribution in [3.63, 3.8) is 0 Å². The van der Waals surface area contributed by atoms with Crippen LogP contribution in [0.1, 0.15) is 75.1 Å². The normalized spacial score (nSPS) is 15.6. The van der Waals surface area contributed by atoms with Gasteiger partial charge in [-0.1, -0.05) is 44.2 Å². The van der Waals surface area contributed by atoms with E-state index in [1.807, 2.05) is 19.1 Å². The fourth-order valence-corrected chi connectivity index (χ4v) is 3.38. The molecule has 5 heteroatoms. The molecular formula is C21H32N2O3. The summed E-state index contributed by atoms with van der Waals surface area (Å²) in [5.74, 6) is 0.531. The highest BCUT2D eigenvalue weighted by atomic mass is 16.5. The van der Waals surface area contributed by atoms with Crippen LogP contribution in [0.15, 0.2) is 24.3 Å². The molecule has 0 heterocycles. The van der Waals surface area contributed by atoms with Crippen molar-refractivity contribution in [2.24, 2.45) is 0 Å². The number of para-hydroxylation sites is 1. The van der Waals surface area contributed by atoms with Crippen LogP contribution in [0.2, 0.25) is 0 Å². The smallest absolute Gasteiger partial charge is 0.255 e. The first-order valence-corrected chi connectivity index (χ1v) is 10.00. The molecule has 144 valence electrons. The molecule has 0 unspecified atom stereocenters. The van der Waals surface area contributed by atoms with Crippen LogP contribution in [0.25, 0.3) is 0 Å². The lowest BCUT2D eigenvalue weighted by molar-refractivity contribution is -0.122. The monoisotopic (exact) mass is 360 g/mol. The number of amides is 2. The third-order valence-corrected chi connectivity index (χ3v) is 4.77. The molecule has 0 aliphatic heterocycles. The van der Waals surface area contributed by atoms with Gasteiger partial charge in [0.25, 0.3) is 5.91 Å². The molecule has 0 saturated heterocycles. The van der Waals surface area contributed by atoms with Gasteiger partial charge in [0.2, 0.25) is 5.91 Å². The summed E-state index contributed by atoms with van der Waals surface area (Å²) in [7, 11) is 0. The average molecular weight is 360 g/mol. The van der Waals surface area contributed by atoms with E-state index >= 15 is 0 Å². The molecule has 1 aliphatic rings. The number of rotatable bonds is 8. The highest BCUT2D eigenvalue weighted by Crippen LogP contribution is 2.18. The summed E-state index contributed by atoms with van der Waals surface area (Å²) < 4.78 is 5.48. The fraction of sp³-hybridized carbons (Fsp3) is 0.619. The molecule has 0 atom stereocenters. The van der Waals surface area contributed by atoms with Crippen molar-refractivity contribution in [3.8, 4) is 5.75 Å². The highest BCUT2D eigenvalue weighted by Gasteiger charge is 2.14. The second-order valence-electron chi connectivity index (χ2n) is 6.90. The molecule has 26 heavy (non-hydrogen) atoms. The van der Waals surface area contributed by atoms with Crippen LogP contribution in [-0.2, 0) is 4.79 Å². The quantitative estimate of drug-likeness (QED) is 0.693. The maximum absolute atomic E-state index is 12.3. The second kappa shape index (κ2) is 11.6. The molecule has 1 fully saturated rings. The van der Waals surface area contributed by atoms with Gasteiger partial charge in [0, 0.05) is 19.0 Å². The van der Waals surface area contributed by atoms with Crippen molar-refractivity contribution in [3.05, 3.63) is 29.8 Å². The SMILES string of the molecule is CCOc1ccccc1C(=O)NCCCC(=O)NC1CCCCCCC1. The number of hydrogen-bond acceptors (Lipinski definition) is 3. The minimum absolute atomic E-state index is 0.0968. The molecule has 1 saturated carbocycles. The Morgan fingerprint density at radius 2 is 1.77 bits per heavy atom. The van der Waals surface area contributed by atoms with Gasteiger partial charge in [0.15, 0.2) is 0 Å². The number of ether oxygens (including phenoxy) is 1. The Balaban J connectivity index is 1.67. The summed E-state index contributed by atoms with van der Waals surface area (Å²) in [6, 6.07) is 7.54. The van der Waals surface area contributed by atoms with E-state index < -0.39 is 0 Å². The first-order chi connectivity index (χ1) is 12.7. The van der Waals surface area contributed by atoms with Crippen LogP contribution in [0.3, 0.4) is 0 Å². The Hall–Kier alpha value is -2.04. The van der Waals surface area contributed by atoms with E-state index in [4.69, 9.17) is 4.74 Å². The van der Waals surface area contributed by atoms with E-state index in [0.29, 0.717) is 43.3 Å². The van der Waals surface area contributed by atoms with Crippen LogP contribution >= 0.6 is 0 Å². The molecule has 0 bridgehead atoms. The minimum atomic E-state index is -0.158. The minimum Gasteiger partial charge on any atom is -0.493 e. The first-order valence-electron chi connectivity index (χ1n) is 10.00. The van der Waals surface area contributed by atoms with E-state index in [2.05, 4.69) is 10.6 Å². The molecule has 2 rings (SSSR count). The van der Waals surface area contributed by atoms with Gasteiger partial charge in [0.05, 0.1) is 12.2 Å². The Labute approximate surface area is 156 Å². The van der Waals surface area contributed by atoms with Gasteiger partial charge in [0.1, 0.15) is 5.75 Å². The summed E-state index contributed by atoms with van der Waals surface area (Å²) in [6.45, 7) is 2.90. The maximum atomic E-state index is 12.3. The lowest BCUT2D eigenvalue weighted by Crippen LogP contribution is -2.35. The first kappa shape index (κ1) is 20.3. The Morgan fingerprint density at radius 3 is 2.50 bits per heavy atom. The molecule has 1 aliphatic carbocycles. The standard InChI is InChI=1S/C21H32N2O3/c1-2-26-19-14-9-8-13-18(19)21(25)22-16-10-15-20(24)23-17-11-6-4-3-5-7-12-17/h8-9,13-14,17H,2-7,10-12,15-16H2,1H3,(H,22,25)(H,23,24). The van der Waals surface area contributed by atoms with Gasteiger partial charge in [-0.05, 0) is 38.3 Å². The van der Waals surface area contributed by atoms with Crippen molar-refractivity contribution in [1.29, 1.82) is 0 Å². The van der Waals surface area contributed by atoms with Gasteiger partial charge in [-0.15, -0.1) is 0 Å². The zero-order valence-corrected chi connectivity index (χ0v) is 15.9. The molecule has 5 nitrogen and oxygen atoms in total. The van der Waals surface area contributed by atoms with E-state index in [9.17, 15) is 9.59 Å². The molecule has 2 N–H and O–H groups in total. The van der Waals surface area contributed by atoms with Crippen molar-refractivity contribution >= 4 is 11.8 Å². The number of benzene rings is 1. The summed E-state index contributed by atoms with van der Waals surface area (Å²) in [5.41, 5.74) is 0.535. The van der Waals surface area contributed by atoms with E-state index in [1.54, 1.807) is 12.1 Å². The lowest BCUT2D eigenvalue weighted by atomic mass is 9.96. The molecule has 2 amide bonds.